The molecular weight excluding hydrogens is 232 g/mol. The average Bonchev–Trinajstić information content (AvgIpc) is 2.64. The van der Waals surface area contributed by atoms with Crippen LogP contribution in [0.25, 0.3) is 0 Å². The number of hydrogen-bond acceptors (Lipinski definition) is 4. The summed E-state index contributed by atoms with van der Waals surface area (Å²) in [6.07, 6.45) is 0.435. The van der Waals surface area contributed by atoms with E-state index in [4.69, 9.17) is 18.9 Å². The topological polar surface area (TPSA) is 36.9 Å². The second kappa shape index (κ2) is 5.08. The van der Waals surface area contributed by atoms with Crippen LogP contribution in [0.15, 0.2) is 0 Å². The molecule has 0 aromatic heterocycles. The highest BCUT2D eigenvalue weighted by Gasteiger charge is 2.65. The van der Waals surface area contributed by atoms with Crippen LogP contribution in [0.3, 0.4) is 0 Å². The summed E-state index contributed by atoms with van der Waals surface area (Å²) in [4.78, 5) is 0. The minimum Gasteiger partial charge on any atom is -0.376 e. The van der Waals surface area contributed by atoms with E-state index in [2.05, 4.69) is 0 Å². The van der Waals surface area contributed by atoms with Crippen LogP contribution in [0.1, 0.15) is 41.5 Å². The molecule has 2 bridgehead atoms. The Bertz CT molecular complexity index is 292. The lowest BCUT2D eigenvalue weighted by Gasteiger charge is -2.36. The maximum absolute atomic E-state index is 6.15. The highest BCUT2D eigenvalue weighted by atomic mass is 16.7. The summed E-state index contributed by atoms with van der Waals surface area (Å²) in [5.74, 6) is 0. The van der Waals surface area contributed by atoms with Gasteiger partial charge in [-0.15, -0.1) is 0 Å². The van der Waals surface area contributed by atoms with Crippen molar-refractivity contribution in [1.82, 2.24) is 0 Å². The van der Waals surface area contributed by atoms with Crippen LogP contribution in [-0.4, -0.2) is 48.8 Å². The smallest absolute Gasteiger partial charge is 0.146 e. The highest BCUT2D eigenvalue weighted by molar-refractivity contribution is 5.12. The second-order valence-corrected chi connectivity index (χ2v) is 5.99. The minimum atomic E-state index is -0.446. The molecule has 2 aliphatic heterocycles. The van der Waals surface area contributed by atoms with E-state index in [0.29, 0.717) is 6.61 Å². The van der Waals surface area contributed by atoms with Crippen LogP contribution in [0.2, 0.25) is 0 Å². The summed E-state index contributed by atoms with van der Waals surface area (Å²) in [5.41, 5.74) is -0.446. The van der Waals surface area contributed by atoms with Crippen LogP contribution < -0.4 is 0 Å². The molecule has 2 heterocycles. The number of ether oxygens (including phenoxy) is 4. The van der Waals surface area contributed by atoms with Crippen LogP contribution >= 0.6 is 0 Å². The maximum atomic E-state index is 6.15. The minimum absolute atomic E-state index is 0.0150. The zero-order valence-corrected chi connectivity index (χ0v) is 12.3. The number of hydrogen-bond donors (Lipinski definition) is 0. The fourth-order valence-corrected chi connectivity index (χ4v) is 2.88. The molecule has 0 aliphatic carbocycles. The van der Waals surface area contributed by atoms with Crippen molar-refractivity contribution in [3.05, 3.63) is 0 Å². The fourth-order valence-electron chi connectivity index (χ4n) is 2.88. The van der Waals surface area contributed by atoms with Gasteiger partial charge in [0.1, 0.15) is 17.8 Å². The average molecular weight is 258 g/mol. The van der Waals surface area contributed by atoms with Crippen LogP contribution in [0.4, 0.5) is 0 Å². The third-order valence-electron chi connectivity index (χ3n) is 3.76. The summed E-state index contributed by atoms with van der Waals surface area (Å²) < 4.78 is 24.0. The molecule has 4 nitrogen and oxygen atoms in total. The Balaban J connectivity index is 2.16. The van der Waals surface area contributed by atoms with Crippen molar-refractivity contribution in [1.29, 1.82) is 0 Å². The van der Waals surface area contributed by atoms with E-state index in [1.54, 1.807) is 0 Å². The van der Waals surface area contributed by atoms with Crippen molar-refractivity contribution >= 4 is 0 Å². The molecule has 5 atom stereocenters. The van der Waals surface area contributed by atoms with Crippen LogP contribution in [0.5, 0.6) is 0 Å². The van der Waals surface area contributed by atoms with Gasteiger partial charge in [-0.25, -0.2) is 0 Å². The first kappa shape index (κ1) is 14.3. The third-order valence-corrected chi connectivity index (χ3v) is 3.76. The van der Waals surface area contributed by atoms with E-state index in [0.717, 1.165) is 0 Å². The van der Waals surface area contributed by atoms with Gasteiger partial charge in [0.05, 0.1) is 31.0 Å². The highest BCUT2D eigenvalue weighted by Crippen LogP contribution is 2.46. The van der Waals surface area contributed by atoms with Gasteiger partial charge in [-0.1, -0.05) is 0 Å². The lowest BCUT2D eigenvalue weighted by atomic mass is 9.93. The second-order valence-electron chi connectivity index (χ2n) is 5.99. The normalized spacial score (nSPS) is 43.3. The Morgan fingerprint density at radius 3 is 2.33 bits per heavy atom. The van der Waals surface area contributed by atoms with Crippen molar-refractivity contribution in [2.24, 2.45) is 0 Å². The summed E-state index contributed by atoms with van der Waals surface area (Å²) in [6.45, 7) is 12.8. The van der Waals surface area contributed by atoms with Crippen molar-refractivity contribution < 1.29 is 18.9 Å². The Kier molecular flexibility index (Phi) is 4.02. The quantitative estimate of drug-likeness (QED) is 0.757. The molecule has 0 aromatic carbocycles. The molecule has 4 heteroatoms. The number of rotatable bonds is 5. The van der Waals surface area contributed by atoms with Gasteiger partial charge in [-0.3, -0.25) is 0 Å². The van der Waals surface area contributed by atoms with E-state index in [-0.39, 0.29) is 36.6 Å². The molecule has 0 amide bonds. The van der Waals surface area contributed by atoms with Gasteiger partial charge in [-0.05, 0) is 41.5 Å². The van der Waals surface area contributed by atoms with Crippen molar-refractivity contribution in [3.8, 4) is 0 Å². The van der Waals surface area contributed by atoms with Gasteiger partial charge in [0.2, 0.25) is 0 Å². The molecule has 2 saturated heterocycles. The molecule has 0 spiro atoms. The van der Waals surface area contributed by atoms with Gasteiger partial charge >= 0.3 is 0 Å². The summed E-state index contributed by atoms with van der Waals surface area (Å²) in [7, 11) is 0. The first-order valence-corrected chi connectivity index (χ1v) is 6.97. The molecule has 2 aliphatic rings. The van der Waals surface area contributed by atoms with Gasteiger partial charge in [0.15, 0.2) is 0 Å². The largest absolute Gasteiger partial charge is 0.376 e. The Hall–Kier alpha value is -0.160. The Morgan fingerprint density at radius 2 is 1.78 bits per heavy atom. The molecule has 0 N–H and O–H groups in total. The summed E-state index contributed by atoms with van der Waals surface area (Å²) in [5, 5.41) is 0. The number of fused-ring (bicyclic) bond motifs is 2. The van der Waals surface area contributed by atoms with E-state index in [1.165, 1.54) is 0 Å². The third kappa shape index (κ3) is 2.31. The predicted molar refractivity (Wildman–Crippen MR) is 68.7 cm³/mol. The molecule has 0 saturated carbocycles. The summed E-state index contributed by atoms with van der Waals surface area (Å²) >= 11 is 0. The van der Waals surface area contributed by atoms with E-state index < -0.39 is 5.60 Å². The first-order chi connectivity index (χ1) is 8.36. The van der Waals surface area contributed by atoms with Crippen LogP contribution in [0, 0.1) is 0 Å². The molecule has 2 rings (SSSR count). The maximum Gasteiger partial charge on any atom is 0.146 e. The van der Waals surface area contributed by atoms with Crippen molar-refractivity contribution in [2.75, 3.05) is 6.61 Å². The van der Waals surface area contributed by atoms with Crippen LogP contribution in [-0.2, 0) is 18.9 Å². The van der Waals surface area contributed by atoms with Gasteiger partial charge in [0.25, 0.3) is 0 Å². The first-order valence-electron chi connectivity index (χ1n) is 6.97. The Labute approximate surface area is 110 Å². The fraction of sp³-hybridized carbons (Fsp3) is 1.00. The molecule has 0 aromatic rings. The van der Waals surface area contributed by atoms with Gasteiger partial charge < -0.3 is 18.9 Å². The molecule has 2 fully saturated rings. The molecule has 106 valence electrons. The van der Waals surface area contributed by atoms with Gasteiger partial charge in [-0.2, -0.15) is 0 Å². The molecule has 0 radical (unpaired) electrons. The van der Waals surface area contributed by atoms with E-state index >= 15 is 0 Å². The van der Waals surface area contributed by atoms with E-state index in [1.807, 2.05) is 41.5 Å². The van der Waals surface area contributed by atoms with Crippen molar-refractivity contribution in [3.63, 3.8) is 0 Å². The lowest BCUT2D eigenvalue weighted by Crippen LogP contribution is -2.52. The zero-order valence-electron chi connectivity index (χ0n) is 12.3. The SMILES string of the molecule is CC(C)OC[C@@]12O[C@@H](C)[C@@H](OC1C)[C@H]2OC(C)C. The lowest BCUT2D eigenvalue weighted by molar-refractivity contribution is -0.204. The molecular formula is C14H26O4. The van der Waals surface area contributed by atoms with Crippen molar-refractivity contribution in [2.45, 2.75) is 83.8 Å². The van der Waals surface area contributed by atoms with E-state index in [9.17, 15) is 0 Å². The standard InChI is InChI=1S/C14H26O4/c1-8(2)15-7-14-11(6)17-12(10(5)18-14)13(14)16-9(3)4/h8-13H,7H2,1-6H3/t10-,11?,12+,13+,14+/m0/s1. The molecule has 1 unspecified atom stereocenters. The molecule has 18 heavy (non-hydrogen) atoms. The van der Waals surface area contributed by atoms with Gasteiger partial charge in [0, 0.05) is 0 Å². The zero-order chi connectivity index (χ0) is 13.5. The summed E-state index contributed by atoms with van der Waals surface area (Å²) in [6, 6.07) is 0. The Morgan fingerprint density at radius 1 is 1.11 bits per heavy atom. The monoisotopic (exact) mass is 258 g/mol. The predicted octanol–water partition coefficient (Wildman–Crippen LogP) is 2.15.